The third kappa shape index (κ3) is 3.83. The van der Waals surface area contributed by atoms with Crippen molar-refractivity contribution in [2.24, 2.45) is 11.7 Å². The summed E-state index contributed by atoms with van der Waals surface area (Å²) in [5, 5.41) is 0. The fourth-order valence-corrected chi connectivity index (χ4v) is 3.45. The Kier molecular flexibility index (Phi) is 5.62. The summed E-state index contributed by atoms with van der Waals surface area (Å²) in [6.07, 6.45) is 6.92. The van der Waals surface area contributed by atoms with Crippen LogP contribution in [0.1, 0.15) is 55.7 Å². The molecule has 1 aromatic carbocycles. The monoisotopic (exact) mass is 274 g/mol. The smallest absolute Gasteiger partial charge is 0.0236 e. The van der Waals surface area contributed by atoms with Gasteiger partial charge in [0.2, 0.25) is 0 Å². The van der Waals surface area contributed by atoms with Gasteiger partial charge in [-0.1, -0.05) is 31.5 Å². The van der Waals surface area contributed by atoms with Crippen molar-refractivity contribution in [3.8, 4) is 0 Å². The molecule has 2 nitrogen and oxygen atoms in total. The summed E-state index contributed by atoms with van der Waals surface area (Å²) >= 11 is 0. The molecule has 0 aliphatic heterocycles. The van der Waals surface area contributed by atoms with Gasteiger partial charge in [0.15, 0.2) is 0 Å². The molecule has 1 aromatic rings. The minimum Gasteiger partial charge on any atom is -0.326 e. The van der Waals surface area contributed by atoms with Crippen LogP contribution in [-0.4, -0.2) is 18.0 Å². The number of benzene rings is 1. The Balaban J connectivity index is 1.93. The van der Waals surface area contributed by atoms with Gasteiger partial charge in [-0.3, -0.25) is 4.90 Å². The zero-order chi connectivity index (χ0) is 14.5. The number of aryl methyl sites for hydroxylation is 1. The molecule has 0 heterocycles. The van der Waals surface area contributed by atoms with Crippen LogP contribution in [0.4, 0.5) is 0 Å². The highest BCUT2D eigenvalue weighted by Crippen LogP contribution is 2.29. The van der Waals surface area contributed by atoms with Crippen molar-refractivity contribution in [1.29, 1.82) is 0 Å². The van der Waals surface area contributed by atoms with Gasteiger partial charge in [0.25, 0.3) is 0 Å². The maximum absolute atomic E-state index is 5.70. The van der Waals surface area contributed by atoms with Crippen molar-refractivity contribution in [3.63, 3.8) is 0 Å². The summed E-state index contributed by atoms with van der Waals surface area (Å²) in [6, 6.07) is 7.43. The average molecular weight is 274 g/mol. The lowest BCUT2D eigenvalue weighted by atomic mass is 9.84. The van der Waals surface area contributed by atoms with E-state index in [1.54, 1.807) is 0 Å². The van der Waals surface area contributed by atoms with Crippen molar-refractivity contribution in [2.75, 3.05) is 7.05 Å². The molecule has 1 aliphatic carbocycles. The molecule has 0 unspecified atom stereocenters. The van der Waals surface area contributed by atoms with Gasteiger partial charge in [0.05, 0.1) is 0 Å². The van der Waals surface area contributed by atoms with Crippen molar-refractivity contribution in [1.82, 2.24) is 4.90 Å². The predicted molar refractivity (Wildman–Crippen MR) is 86.6 cm³/mol. The Labute approximate surface area is 124 Å². The van der Waals surface area contributed by atoms with Crippen LogP contribution in [0.3, 0.4) is 0 Å². The Morgan fingerprint density at radius 2 is 1.90 bits per heavy atom. The molecule has 0 bridgehead atoms. The van der Waals surface area contributed by atoms with Crippen LogP contribution in [0.5, 0.6) is 0 Å². The first-order chi connectivity index (χ1) is 9.63. The Morgan fingerprint density at radius 3 is 2.45 bits per heavy atom. The lowest BCUT2D eigenvalue weighted by molar-refractivity contribution is 0.157. The standard InChI is InChI=1S/C18H30N2/c1-4-15-6-9-18(10-7-15)20(3)13-17-8-5-16(12-19)11-14(17)2/h5,8,11,15,18H,4,6-7,9-10,12-13,19H2,1-3H3. The van der Waals surface area contributed by atoms with Gasteiger partial charge in [-0.2, -0.15) is 0 Å². The highest BCUT2D eigenvalue weighted by molar-refractivity contribution is 5.31. The number of nitrogens with two attached hydrogens (primary N) is 1. The summed E-state index contributed by atoms with van der Waals surface area (Å²) < 4.78 is 0. The Hall–Kier alpha value is -0.860. The largest absolute Gasteiger partial charge is 0.326 e. The molecule has 2 N–H and O–H groups in total. The van der Waals surface area contributed by atoms with Gasteiger partial charge in [0, 0.05) is 19.1 Å². The van der Waals surface area contributed by atoms with Crippen LogP contribution in [0.2, 0.25) is 0 Å². The number of hydrogen-bond acceptors (Lipinski definition) is 2. The first-order valence-electron chi connectivity index (χ1n) is 8.12. The quantitative estimate of drug-likeness (QED) is 0.883. The van der Waals surface area contributed by atoms with E-state index in [0.717, 1.165) is 18.5 Å². The van der Waals surface area contributed by atoms with E-state index in [4.69, 9.17) is 5.73 Å². The van der Waals surface area contributed by atoms with Crippen molar-refractivity contribution >= 4 is 0 Å². The maximum Gasteiger partial charge on any atom is 0.0236 e. The minimum absolute atomic E-state index is 0.637. The van der Waals surface area contributed by atoms with Gasteiger partial charge in [-0.15, -0.1) is 0 Å². The molecule has 0 amide bonds. The van der Waals surface area contributed by atoms with Crippen molar-refractivity contribution < 1.29 is 0 Å². The van der Waals surface area contributed by atoms with Crippen molar-refractivity contribution in [3.05, 3.63) is 34.9 Å². The van der Waals surface area contributed by atoms with Gasteiger partial charge < -0.3 is 5.73 Å². The van der Waals surface area contributed by atoms with E-state index in [1.165, 1.54) is 48.8 Å². The van der Waals surface area contributed by atoms with Crippen LogP contribution >= 0.6 is 0 Å². The molecule has 0 atom stereocenters. The number of nitrogens with zero attached hydrogens (tertiary/aromatic N) is 1. The molecule has 0 spiro atoms. The van der Waals surface area contributed by atoms with Gasteiger partial charge >= 0.3 is 0 Å². The second kappa shape index (κ2) is 7.24. The number of hydrogen-bond donors (Lipinski definition) is 1. The first-order valence-corrected chi connectivity index (χ1v) is 8.12. The van der Waals surface area contributed by atoms with Crippen LogP contribution < -0.4 is 5.73 Å². The SMILES string of the molecule is CCC1CCC(N(C)Cc2ccc(CN)cc2C)CC1. The van der Waals surface area contributed by atoms with Crippen LogP contribution in [0.25, 0.3) is 0 Å². The molecule has 1 saturated carbocycles. The molecular formula is C18H30N2. The third-order valence-corrected chi connectivity index (χ3v) is 5.08. The zero-order valence-electron chi connectivity index (χ0n) is 13.4. The minimum atomic E-state index is 0.637. The van der Waals surface area contributed by atoms with E-state index in [-0.39, 0.29) is 0 Å². The second-order valence-corrected chi connectivity index (χ2v) is 6.46. The molecular weight excluding hydrogens is 244 g/mol. The molecule has 2 rings (SSSR count). The third-order valence-electron chi connectivity index (χ3n) is 5.08. The molecule has 0 saturated heterocycles. The Morgan fingerprint density at radius 1 is 1.20 bits per heavy atom. The van der Waals surface area contributed by atoms with Gasteiger partial charge in [-0.05, 0) is 62.3 Å². The van der Waals surface area contributed by atoms with E-state index in [2.05, 4.69) is 44.0 Å². The predicted octanol–water partition coefficient (Wildman–Crippen LogP) is 3.85. The molecule has 112 valence electrons. The van der Waals surface area contributed by atoms with Gasteiger partial charge in [-0.25, -0.2) is 0 Å². The zero-order valence-corrected chi connectivity index (χ0v) is 13.4. The van der Waals surface area contributed by atoms with E-state index in [9.17, 15) is 0 Å². The summed E-state index contributed by atoms with van der Waals surface area (Å²) in [7, 11) is 2.28. The maximum atomic E-state index is 5.70. The van der Waals surface area contributed by atoms with Crippen LogP contribution in [0.15, 0.2) is 18.2 Å². The van der Waals surface area contributed by atoms with Crippen molar-refractivity contribution in [2.45, 2.75) is 65.1 Å². The summed E-state index contributed by atoms with van der Waals surface area (Å²) in [6.45, 7) is 6.24. The normalized spacial score (nSPS) is 23.2. The highest BCUT2D eigenvalue weighted by Gasteiger charge is 2.23. The highest BCUT2D eigenvalue weighted by atomic mass is 15.1. The lowest BCUT2D eigenvalue weighted by Gasteiger charge is -2.34. The molecule has 0 radical (unpaired) electrons. The van der Waals surface area contributed by atoms with E-state index < -0.39 is 0 Å². The van der Waals surface area contributed by atoms with Crippen LogP contribution in [-0.2, 0) is 13.1 Å². The summed E-state index contributed by atoms with van der Waals surface area (Å²) in [5.74, 6) is 0.977. The summed E-state index contributed by atoms with van der Waals surface area (Å²) in [5.41, 5.74) is 9.76. The average Bonchev–Trinajstić information content (AvgIpc) is 2.49. The first kappa shape index (κ1) is 15.5. The van der Waals surface area contributed by atoms with E-state index in [0.29, 0.717) is 6.54 Å². The Bertz CT molecular complexity index is 419. The molecule has 1 fully saturated rings. The van der Waals surface area contributed by atoms with Crippen LogP contribution in [0, 0.1) is 12.8 Å². The second-order valence-electron chi connectivity index (χ2n) is 6.46. The lowest BCUT2D eigenvalue weighted by Crippen LogP contribution is -2.34. The molecule has 1 aliphatic rings. The molecule has 2 heteroatoms. The molecule has 20 heavy (non-hydrogen) atoms. The van der Waals surface area contributed by atoms with E-state index >= 15 is 0 Å². The fourth-order valence-electron chi connectivity index (χ4n) is 3.45. The fraction of sp³-hybridized carbons (Fsp3) is 0.667. The summed E-state index contributed by atoms with van der Waals surface area (Å²) in [4.78, 5) is 2.55. The topological polar surface area (TPSA) is 29.3 Å². The number of rotatable bonds is 5. The van der Waals surface area contributed by atoms with E-state index in [1.807, 2.05) is 0 Å². The van der Waals surface area contributed by atoms with Gasteiger partial charge in [0.1, 0.15) is 0 Å². The molecule has 0 aromatic heterocycles.